The van der Waals surface area contributed by atoms with Crippen LogP contribution in [0.2, 0.25) is 0 Å². The summed E-state index contributed by atoms with van der Waals surface area (Å²) in [4.78, 5) is 25.0. The Bertz CT molecular complexity index is 1230. The van der Waals surface area contributed by atoms with Gasteiger partial charge < -0.3 is 9.47 Å². The number of aryl methyl sites for hydroxylation is 3. The minimum Gasteiger partial charge on any atom is -0.475 e. The molecule has 0 fully saturated rings. The highest BCUT2D eigenvalue weighted by atomic mass is 16.6. The Morgan fingerprint density at radius 2 is 1.88 bits per heavy atom. The van der Waals surface area contributed by atoms with E-state index in [0.29, 0.717) is 19.5 Å². The number of benzene rings is 2. The first-order valence-corrected chi connectivity index (χ1v) is 11.9. The van der Waals surface area contributed by atoms with Crippen LogP contribution in [0.4, 0.5) is 0 Å². The standard InChI is InChI=1S/C27H33N3O4/c1-5-15-29-24(28-30(26(29)32)18-21-11-9-19(2)10-12-21)8-6-7-20-13-14-23-22(16-20)17-27(3,34-23)25(31)33-4/h9-14,16H,5-8,15,17-18H2,1-4H3. The predicted octanol–water partition coefficient (Wildman–Crippen LogP) is 3.85. The second kappa shape index (κ2) is 9.87. The normalized spacial score (nSPS) is 16.8. The number of nitrogens with zero attached hydrogens (tertiary/aromatic N) is 3. The third-order valence-electron chi connectivity index (χ3n) is 6.37. The minimum atomic E-state index is -0.962. The zero-order chi connectivity index (χ0) is 24.3. The number of ether oxygens (including phenoxy) is 2. The molecule has 0 N–H and O–H groups in total. The Morgan fingerprint density at radius 3 is 2.59 bits per heavy atom. The Labute approximate surface area is 200 Å². The molecule has 1 aromatic heterocycles. The lowest BCUT2D eigenvalue weighted by Gasteiger charge is -2.20. The van der Waals surface area contributed by atoms with E-state index in [-0.39, 0.29) is 11.7 Å². The molecule has 0 radical (unpaired) electrons. The molecule has 7 heteroatoms. The molecular formula is C27H33N3O4. The van der Waals surface area contributed by atoms with Crippen LogP contribution in [0.3, 0.4) is 0 Å². The van der Waals surface area contributed by atoms with Crippen molar-refractivity contribution in [2.24, 2.45) is 0 Å². The molecule has 1 atom stereocenters. The molecule has 0 saturated heterocycles. The van der Waals surface area contributed by atoms with E-state index in [1.807, 2.05) is 28.8 Å². The fraction of sp³-hybridized carbons (Fsp3) is 0.444. The van der Waals surface area contributed by atoms with Crippen molar-refractivity contribution in [2.45, 2.75) is 71.6 Å². The first-order valence-electron chi connectivity index (χ1n) is 11.9. The fourth-order valence-electron chi connectivity index (χ4n) is 4.54. The molecule has 3 aromatic rings. The van der Waals surface area contributed by atoms with Gasteiger partial charge in [0, 0.05) is 19.4 Å². The molecule has 0 bridgehead atoms. The van der Waals surface area contributed by atoms with Gasteiger partial charge in [-0.3, -0.25) is 4.57 Å². The summed E-state index contributed by atoms with van der Waals surface area (Å²) in [7, 11) is 1.38. The van der Waals surface area contributed by atoms with Gasteiger partial charge in [0.15, 0.2) is 0 Å². The lowest BCUT2D eigenvalue weighted by atomic mass is 9.97. The molecule has 1 aliphatic heterocycles. The first kappa shape index (κ1) is 23.8. The van der Waals surface area contributed by atoms with Crippen LogP contribution in [0.15, 0.2) is 47.3 Å². The highest BCUT2D eigenvalue weighted by Gasteiger charge is 2.43. The Hall–Kier alpha value is -3.35. The number of rotatable bonds is 9. The molecule has 0 amide bonds. The fourth-order valence-corrected chi connectivity index (χ4v) is 4.54. The summed E-state index contributed by atoms with van der Waals surface area (Å²) in [5, 5.41) is 4.68. The maximum Gasteiger partial charge on any atom is 0.350 e. The highest BCUT2D eigenvalue weighted by molar-refractivity contribution is 5.81. The van der Waals surface area contributed by atoms with Crippen LogP contribution in [-0.2, 0) is 41.9 Å². The molecule has 0 aliphatic carbocycles. The van der Waals surface area contributed by atoms with Crippen molar-refractivity contribution in [1.29, 1.82) is 0 Å². The number of fused-ring (bicyclic) bond motifs is 1. The third-order valence-corrected chi connectivity index (χ3v) is 6.37. The second-order valence-corrected chi connectivity index (χ2v) is 9.29. The number of carbonyl (C=O) groups excluding carboxylic acids is 1. The SMILES string of the molecule is CCCn1c(CCCc2ccc3c(c2)CC(C)(C(=O)OC)O3)nn(Cc2ccc(C)cc2)c1=O. The summed E-state index contributed by atoms with van der Waals surface area (Å²) in [6.07, 6.45) is 3.84. The van der Waals surface area contributed by atoms with E-state index in [1.165, 1.54) is 18.2 Å². The third kappa shape index (κ3) is 4.93. The van der Waals surface area contributed by atoms with Crippen LogP contribution in [0, 0.1) is 6.92 Å². The smallest absolute Gasteiger partial charge is 0.350 e. The van der Waals surface area contributed by atoms with Crippen molar-refractivity contribution in [3.63, 3.8) is 0 Å². The average molecular weight is 464 g/mol. The summed E-state index contributed by atoms with van der Waals surface area (Å²) in [5.74, 6) is 1.21. The van der Waals surface area contributed by atoms with Crippen molar-refractivity contribution in [3.05, 3.63) is 81.0 Å². The van der Waals surface area contributed by atoms with Crippen LogP contribution < -0.4 is 10.4 Å². The van der Waals surface area contributed by atoms with Gasteiger partial charge in [-0.15, -0.1) is 0 Å². The molecule has 7 nitrogen and oxygen atoms in total. The quantitative estimate of drug-likeness (QED) is 0.451. The van der Waals surface area contributed by atoms with Gasteiger partial charge in [-0.1, -0.05) is 48.9 Å². The molecule has 34 heavy (non-hydrogen) atoms. The van der Waals surface area contributed by atoms with Gasteiger partial charge in [0.05, 0.1) is 13.7 Å². The summed E-state index contributed by atoms with van der Waals surface area (Å²) in [5.41, 5.74) is 3.46. The maximum atomic E-state index is 13.0. The second-order valence-electron chi connectivity index (χ2n) is 9.29. The van der Waals surface area contributed by atoms with E-state index >= 15 is 0 Å². The van der Waals surface area contributed by atoms with Gasteiger partial charge in [-0.2, -0.15) is 5.10 Å². The number of carbonyl (C=O) groups is 1. The molecule has 2 heterocycles. The van der Waals surface area contributed by atoms with Gasteiger partial charge in [-0.05, 0) is 55.9 Å². The molecule has 1 unspecified atom stereocenters. The largest absolute Gasteiger partial charge is 0.475 e. The maximum absolute atomic E-state index is 13.0. The van der Waals surface area contributed by atoms with Gasteiger partial charge in [0.1, 0.15) is 11.6 Å². The lowest BCUT2D eigenvalue weighted by Crippen LogP contribution is -2.40. The Kier molecular flexibility index (Phi) is 6.91. The highest BCUT2D eigenvalue weighted by Crippen LogP contribution is 2.36. The zero-order valence-corrected chi connectivity index (χ0v) is 20.5. The lowest BCUT2D eigenvalue weighted by molar-refractivity contribution is -0.156. The summed E-state index contributed by atoms with van der Waals surface area (Å²) < 4.78 is 14.2. The number of hydrogen-bond acceptors (Lipinski definition) is 5. The zero-order valence-electron chi connectivity index (χ0n) is 20.5. The number of methoxy groups -OCH3 is 1. The predicted molar refractivity (Wildman–Crippen MR) is 130 cm³/mol. The minimum absolute atomic E-state index is 0.0470. The number of esters is 1. The van der Waals surface area contributed by atoms with Gasteiger partial charge >= 0.3 is 11.7 Å². The first-order chi connectivity index (χ1) is 16.3. The molecule has 1 aliphatic rings. The van der Waals surface area contributed by atoms with Crippen LogP contribution in [-0.4, -0.2) is 33.0 Å². The Balaban J connectivity index is 1.43. The van der Waals surface area contributed by atoms with Gasteiger partial charge in [-0.25, -0.2) is 14.3 Å². The van der Waals surface area contributed by atoms with E-state index in [2.05, 4.69) is 37.1 Å². The van der Waals surface area contributed by atoms with Crippen molar-refractivity contribution in [1.82, 2.24) is 14.3 Å². The van der Waals surface area contributed by atoms with E-state index in [1.54, 1.807) is 11.6 Å². The van der Waals surface area contributed by atoms with Gasteiger partial charge in [0.25, 0.3) is 0 Å². The van der Waals surface area contributed by atoms with Gasteiger partial charge in [0.2, 0.25) is 5.60 Å². The molecule has 0 spiro atoms. The van der Waals surface area contributed by atoms with Crippen LogP contribution in [0.1, 0.15) is 54.8 Å². The molecule has 4 rings (SSSR count). The Morgan fingerprint density at radius 1 is 1.15 bits per heavy atom. The number of aromatic nitrogens is 3. The molecule has 2 aromatic carbocycles. The van der Waals surface area contributed by atoms with Crippen molar-refractivity contribution in [3.8, 4) is 5.75 Å². The van der Waals surface area contributed by atoms with Crippen LogP contribution >= 0.6 is 0 Å². The van der Waals surface area contributed by atoms with E-state index in [4.69, 9.17) is 9.47 Å². The van der Waals surface area contributed by atoms with E-state index in [9.17, 15) is 9.59 Å². The molecular weight excluding hydrogens is 430 g/mol. The molecule has 0 saturated carbocycles. The van der Waals surface area contributed by atoms with E-state index < -0.39 is 5.60 Å². The average Bonchev–Trinajstić information content (AvgIpc) is 3.32. The number of hydrogen-bond donors (Lipinski definition) is 0. The summed E-state index contributed by atoms with van der Waals surface area (Å²) in [6, 6.07) is 14.3. The molecule has 180 valence electrons. The monoisotopic (exact) mass is 463 g/mol. The summed E-state index contributed by atoms with van der Waals surface area (Å²) >= 11 is 0. The van der Waals surface area contributed by atoms with E-state index in [0.717, 1.165) is 48.4 Å². The van der Waals surface area contributed by atoms with Crippen LogP contribution in [0.25, 0.3) is 0 Å². The topological polar surface area (TPSA) is 75.3 Å². The van der Waals surface area contributed by atoms with Crippen molar-refractivity contribution in [2.75, 3.05) is 7.11 Å². The van der Waals surface area contributed by atoms with Crippen molar-refractivity contribution >= 4 is 5.97 Å². The van der Waals surface area contributed by atoms with Crippen molar-refractivity contribution < 1.29 is 14.3 Å². The summed E-state index contributed by atoms with van der Waals surface area (Å²) in [6.45, 7) is 7.04. The van der Waals surface area contributed by atoms with Crippen LogP contribution in [0.5, 0.6) is 5.75 Å².